The largest absolute Gasteiger partial charge is 0.396 e. The summed E-state index contributed by atoms with van der Waals surface area (Å²) in [4.78, 5) is 0. The molecule has 98 valence electrons. The monoisotopic (exact) mass is 240 g/mol. The standard InChI is InChI=1S/C12H24N4O/c1-9(2)11-10(13)12(16(3)15-11)14-7-5-4-6-8-17/h9,14,17H,4-8,13H2,1-3H3. The van der Waals surface area contributed by atoms with Crippen LogP contribution < -0.4 is 11.1 Å². The van der Waals surface area contributed by atoms with E-state index in [1.807, 2.05) is 7.05 Å². The second kappa shape index (κ2) is 6.49. The van der Waals surface area contributed by atoms with Crippen LogP contribution in [-0.4, -0.2) is 28.0 Å². The van der Waals surface area contributed by atoms with Gasteiger partial charge in [-0.25, -0.2) is 0 Å². The van der Waals surface area contributed by atoms with Crippen molar-refractivity contribution in [2.75, 3.05) is 24.2 Å². The third kappa shape index (κ3) is 3.63. The van der Waals surface area contributed by atoms with Crippen molar-refractivity contribution in [3.8, 4) is 0 Å². The van der Waals surface area contributed by atoms with Crippen LogP contribution in [0.15, 0.2) is 0 Å². The van der Waals surface area contributed by atoms with Crippen molar-refractivity contribution in [2.24, 2.45) is 7.05 Å². The maximum atomic E-state index is 8.68. The summed E-state index contributed by atoms with van der Waals surface area (Å²) in [6.07, 6.45) is 2.92. The molecule has 0 fully saturated rings. The van der Waals surface area contributed by atoms with Crippen molar-refractivity contribution in [1.82, 2.24) is 9.78 Å². The van der Waals surface area contributed by atoms with Gasteiger partial charge in [0.25, 0.3) is 0 Å². The Morgan fingerprint density at radius 1 is 1.35 bits per heavy atom. The molecular weight excluding hydrogens is 216 g/mol. The number of rotatable bonds is 7. The average Bonchev–Trinajstić information content (AvgIpc) is 2.56. The SMILES string of the molecule is CC(C)c1nn(C)c(NCCCCCO)c1N. The molecule has 0 aromatic carbocycles. The van der Waals surface area contributed by atoms with E-state index in [1.54, 1.807) is 4.68 Å². The summed E-state index contributed by atoms with van der Waals surface area (Å²) in [6, 6.07) is 0. The van der Waals surface area contributed by atoms with Crippen molar-refractivity contribution < 1.29 is 5.11 Å². The van der Waals surface area contributed by atoms with Gasteiger partial charge in [0.2, 0.25) is 0 Å². The van der Waals surface area contributed by atoms with Crippen molar-refractivity contribution in [1.29, 1.82) is 0 Å². The minimum absolute atomic E-state index is 0.269. The number of nitrogens with one attached hydrogen (secondary N) is 1. The lowest BCUT2D eigenvalue weighted by Crippen LogP contribution is -2.08. The van der Waals surface area contributed by atoms with E-state index in [0.717, 1.165) is 43.0 Å². The quantitative estimate of drug-likeness (QED) is 0.634. The van der Waals surface area contributed by atoms with Crippen molar-refractivity contribution >= 4 is 11.5 Å². The number of nitrogens with two attached hydrogens (primary N) is 1. The molecule has 17 heavy (non-hydrogen) atoms. The fourth-order valence-corrected chi connectivity index (χ4v) is 1.82. The Hall–Kier alpha value is -1.23. The van der Waals surface area contributed by atoms with Crippen LogP contribution in [0.5, 0.6) is 0 Å². The first-order valence-electron chi connectivity index (χ1n) is 6.25. The zero-order valence-corrected chi connectivity index (χ0v) is 11.0. The Balaban J connectivity index is 2.53. The summed E-state index contributed by atoms with van der Waals surface area (Å²) >= 11 is 0. The van der Waals surface area contributed by atoms with E-state index in [-0.39, 0.29) is 6.61 Å². The highest BCUT2D eigenvalue weighted by molar-refractivity contribution is 5.65. The maximum absolute atomic E-state index is 8.68. The summed E-state index contributed by atoms with van der Waals surface area (Å²) in [5.41, 5.74) is 7.76. The summed E-state index contributed by atoms with van der Waals surface area (Å²) < 4.78 is 1.80. The molecule has 1 heterocycles. The molecule has 0 aliphatic carbocycles. The molecule has 4 N–H and O–H groups in total. The van der Waals surface area contributed by atoms with E-state index in [2.05, 4.69) is 24.3 Å². The zero-order valence-electron chi connectivity index (χ0n) is 11.0. The Morgan fingerprint density at radius 2 is 2.06 bits per heavy atom. The van der Waals surface area contributed by atoms with Gasteiger partial charge in [-0.15, -0.1) is 0 Å². The van der Waals surface area contributed by atoms with Gasteiger partial charge in [0, 0.05) is 20.2 Å². The minimum Gasteiger partial charge on any atom is -0.396 e. The lowest BCUT2D eigenvalue weighted by Gasteiger charge is -2.07. The van der Waals surface area contributed by atoms with Crippen LogP contribution in [-0.2, 0) is 7.05 Å². The third-order valence-corrected chi connectivity index (χ3v) is 2.79. The Morgan fingerprint density at radius 3 is 2.59 bits per heavy atom. The highest BCUT2D eigenvalue weighted by Gasteiger charge is 2.15. The van der Waals surface area contributed by atoms with Gasteiger partial charge in [-0.3, -0.25) is 4.68 Å². The molecule has 0 atom stereocenters. The highest BCUT2D eigenvalue weighted by atomic mass is 16.2. The fourth-order valence-electron chi connectivity index (χ4n) is 1.82. The number of hydrogen-bond donors (Lipinski definition) is 3. The van der Waals surface area contributed by atoms with Crippen molar-refractivity contribution in [2.45, 2.75) is 39.0 Å². The first kappa shape index (κ1) is 13.8. The number of nitrogen functional groups attached to an aromatic ring is 1. The van der Waals surface area contributed by atoms with Crippen LogP contribution in [0.2, 0.25) is 0 Å². The zero-order chi connectivity index (χ0) is 12.8. The summed E-state index contributed by atoms with van der Waals surface area (Å²) in [6.45, 7) is 5.31. The van der Waals surface area contributed by atoms with E-state index >= 15 is 0 Å². The Kier molecular flexibility index (Phi) is 5.28. The van der Waals surface area contributed by atoms with Gasteiger partial charge in [-0.1, -0.05) is 13.8 Å². The summed E-state index contributed by atoms with van der Waals surface area (Å²) in [5, 5.41) is 16.4. The molecule has 0 bridgehead atoms. The first-order valence-corrected chi connectivity index (χ1v) is 6.25. The maximum Gasteiger partial charge on any atom is 0.147 e. The fraction of sp³-hybridized carbons (Fsp3) is 0.750. The van der Waals surface area contributed by atoms with Gasteiger partial charge in [-0.05, 0) is 25.2 Å². The number of aryl methyl sites for hydroxylation is 1. The second-order valence-corrected chi connectivity index (χ2v) is 4.64. The third-order valence-electron chi connectivity index (χ3n) is 2.79. The van der Waals surface area contributed by atoms with Gasteiger partial charge in [0.05, 0.1) is 11.4 Å². The van der Waals surface area contributed by atoms with Crippen LogP contribution in [0, 0.1) is 0 Å². The first-order chi connectivity index (χ1) is 8.07. The molecule has 1 rings (SSSR count). The van der Waals surface area contributed by atoms with Crippen LogP contribution >= 0.6 is 0 Å². The molecule has 0 aliphatic rings. The van der Waals surface area contributed by atoms with Gasteiger partial charge < -0.3 is 16.2 Å². The molecule has 5 heteroatoms. The molecule has 0 radical (unpaired) electrons. The number of unbranched alkanes of at least 4 members (excludes halogenated alkanes) is 2. The Bertz CT molecular complexity index is 347. The number of aliphatic hydroxyl groups excluding tert-OH is 1. The predicted molar refractivity (Wildman–Crippen MR) is 71.1 cm³/mol. The van der Waals surface area contributed by atoms with Crippen LogP contribution in [0.4, 0.5) is 11.5 Å². The molecule has 0 saturated heterocycles. The lowest BCUT2D eigenvalue weighted by atomic mass is 10.1. The minimum atomic E-state index is 0.269. The van der Waals surface area contributed by atoms with E-state index in [1.165, 1.54) is 0 Å². The summed E-state index contributed by atoms with van der Waals surface area (Å²) in [5.74, 6) is 1.24. The van der Waals surface area contributed by atoms with Gasteiger partial charge in [-0.2, -0.15) is 5.10 Å². The number of aliphatic hydroxyl groups is 1. The molecule has 0 amide bonds. The van der Waals surface area contributed by atoms with Crippen LogP contribution in [0.3, 0.4) is 0 Å². The predicted octanol–water partition coefficient (Wildman–Crippen LogP) is 1.70. The Labute approximate surface area is 103 Å². The van der Waals surface area contributed by atoms with E-state index in [9.17, 15) is 0 Å². The molecule has 0 unspecified atom stereocenters. The van der Waals surface area contributed by atoms with Gasteiger partial charge in [0.15, 0.2) is 0 Å². The number of hydrogen-bond acceptors (Lipinski definition) is 4. The normalized spacial score (nSPS) is 11.1. The number of anilines is 2. The molecule has 1 aromatic rings. The molecule has 0 saturated carbocycles. The summed E-state index contributed by atoms with van der Waals surface area (Å²) in [7, 11) is 1.90. The molecule has 0 spiro atoms. The second-order valence-electron chi connectivity index (χ2n) is 4.64. The van der Waals surface area contributed by atoms with Gasteiger partial charge >= 0.3 is 0 Å². The number of nitrogens with zero attached hydrogens (tertiary/aromatic N) is 2. The molecule has 1 aromatic heterocycles. The van der Waals surface area contributed by atoms with Crippen molar-refractivity contribution in [3.05, 3.63) is 5.69 Å². The van der Waals surface area contributed by atoms with Crippen molar-refractivity contribution in [3.63, 3.8) is 0 Å². The topological polar surface area (TPSA) is 76.1 Å². The molecule has 5 nitrogen and oxygen atoms in total. The van der Waals surface area contributed by atoms with Crippen LogP contribution in [0.25, 0.3) is 0 Å². The number of aromatic nitrogens is 2. The molecule has 0 aliphatic heterocycles. The van der Waals surface area contributed by atoms with E-state index in [0.29, 0.717) is 5.92 Å². The smallest absolute Gasteiger partial charge is 0.147 e. The highest BCUT2D eigenvalue weighted by Crippen LogP contribution is 2.27. The van der Waals surface area contributed by atoms with E-state index < -0.39 is 0 Å². The van der Waals surface area contributed by atoms with Gasteiger partial charge in [0.1, 0.15) is 5.82 Å². The van der Waals surface area contributed by atoms with Crippen LogP contribution in [0.1, 0.15) is 44.7 Å². The van der Waals surface area contributed by atoms with E-state index in [4.69, 9.17) is 10.8 Å². The lowest BCUT2D eigenvalue weighted by molar-refractivity contribution is 0.283. The molecular formula is C12H24N4O. The average molecular weight is 240 g/mol.